The van der Waals surface area contributed by atoms with Crippen LogP contribution in [0.3, 0.4) is 0 Å². The van der Waals surface area contributed by atoms with Crippen LogP contribution >= 0.6 is 68.0 Å². The van der Waals surface area contributed by atoms with Crippen molar-refractivity contribution in [2.24, 2.45) is 0 Å². The maximum absolute atomic E-state index is 10.9. The van der Waals surface area contributed by atoms with Gasteiger partial charge in [0, 0.05) is 12.3 Å². The molecule has 0 amide bonds. The molecule has 0 aliphatic carbocycles. The average Bonchev–Trinajstić information content (AvgIpc) is 2.15. The number of rotatable bonds is 4. The lowest BCUT2D eigenvalue weighted by Crippen LogP contribution is -2.15. The van der Waals surface area contributed by atoms with E-state index < -0.39 is 8.50 Å². The predicted octanol–water partition coefficient (Wildman–Crippen LogP) is 3.45. The van der Waals surface area contributed by atoms with Crippen LogP contribution in [0.15, 0.2) is 22.2 Å². The number of alkyl halides is 4. The van der Waals surface area contributed by atoms with E-state index in [1.165, 1.54) is 12.3 Å². The average molecular weight is 326 g/mol. The van der Waals surface area contributed by atoms with Crippen molar-refractivity contribution in [1.29, 1.82) is 0 Å². The van der Waals surface area contributed by atoms with Crippen molar-refractivity contribution in [1.82, 2.24) is 9.97 Å². The van der Waals surface area contributed by atoms with E-state index in [-0.39, 0.29) is 5.56 Å². The Kier molecular flexibility index (Phi) is 5.42. The van der Waals surface area contributed by atoms with Crippen molar-refractivity contribution in [2.75, 3.05) is 0 Å². The highest BCUT2D eigenvalue weighted by Crippen LogP contribution is 2.49. The van der Waals surface area contributed by atoms with Gasteiger partial charge in [-0.25, -0.2) is 4.98 Å². The Bertz CT molecular complexity index is 383. The first-order chi connectivity index (χ1) is 6.92. The minimum absolute atomic E-state index is 0.254. The monoisotopic (exact) mass is 324 g/mol. The predicted molar refractivity (Wildman–Crippen MR) is 68.2 cm³/mol. The SMILES string of the molecule is O=c1ccnc(SSC(Cl)(Cl)C(Cl)Cl)[nH]1. The molecule has 0 saturated heterocycles. The van der Waals surface area contributed by atoms with Crippen molar-refractivity contribution in [3.8, 4) is 0 Å². The van der Waals surface area contributed by atoms with Crippen LogP contribution in [0.5, 0.6) is 0 Å². The molecular formula is C6H4Cl4N2OS2. The first-order valence-electron chi connectivity index (χ1n) is 3.49. The standard InChI is InChI=1S/C6H4Cl4N2OS2/c7-4(8)6(9,10)15-14-5-11-2-1-3(13)12-5/h1-2,4H,(H,11,12,13). The third-order valence-electron chi connectivity index (χ3n) is 1.13. The Hall–Kier alpha value is 0.740. The molecule has 3 nitrogen and oxygen atoms in total. The zero-order valence-electron chi connectivity index (χ0n) is 6.92. The van der Waals surface area contributed by atoms with E-state index in [0.29, 0.717) is 5.16 Å². The highest BCUT2D eigenvalue weighted by molar-refractivity contribution is 8.77. The molecule has 15 heavy (non-hydrogen) atoms. The fourth-order valence-electron chi connectivity index (χ4n) is 0.526. The molecule has 1 N–H and O–H groups in total. The maximum Gasteiger partial charge on any atom is 0.251 e. The molecule has 0 unspecified atom stereocenters. The quantitative estimate of drug-likeness (QED) is 0.523. The fourth-order valence-corrected chi connectivity index (χ4v) is 3.30. The third kappa shape index (κ3) is 4.63. The van der Waals surface area contributed by atoms with E-state index in [0.717, 1.165) is 21.6 Å². The molecule has 0 fully saturated rings. The van der Waals surface area contributed by atoms with E-state index in [1.54, 1.807) is 0 Å². The largest absolute Gasteiger partial charge is 0.301 e. The maximum atomic E-state index is 10.9. The minimum atomic E-state index is -1.36. The second-order valence-corrected chi connectivity index (χ2v) is 7.56. The lowest BCUT2D eigenvalue weighted by atomic mass is 10.7. The van der Waals surface area contributed by atoms with Crippen LogP contribution in [0.25, 0.3) is 0 Å². The second kappa shape index (κ2) is 5.89. The van der Waals surface area contributed by atoms with Gasteiger partial charge in [-0.2, -0.15) is 0 Å². The Morgan fingerprint density at radius 2 is 2.13 bits per heavy atom. The molecule has 0 saturated carbocycles. The summed E-state index contributed by atoms with van der Waals surface area (Å²) in [4.78, 5) is 16.3. The Morgan fingerprint density at radius 1 is 1.47 bits per heavy atom. The molecule has 0 aliphatic rings. The van der Waals surface area contributed by atoms with E-state index in [4.69, 9.17) is 46.4 Å². The number of aromatic nitrogens is 2. The molecule has 1 aromatic rings. The summed E-state index contributed by atoms with van der Waals surface area (Å²) in [5, 5.41) is 0.382. The summed E-state index contributed by atoms with van der Waals surface area (Å²) in [6, 6.07) is 1.30. The second-order valence-electron chi connectivity index (χ2n) is 2.27. The van der Waals surface area contributed by atoms with Crippen LogP contribution in [-0.2, 0) is 0 Å². The molecule has 84 valence electrons. The molecule has 1 heterocycles. The zero-order valence-corrected chi connectivity index (χ0v) is 11.6. The molecule has 0 spiro atoms. The normalized spacial score (nSPS) is 12.1. The van der Waals surface area contributed by atoms with Crippen molar-refractivity contribution >= 4 is 68.0 Å². The minimum Gasteiger partial charge on any atom is -0.301 e. The molecule has 1 rings (SSSR count). The first kappa shape index (κ1) is 13.8. The van der Waals surface area contributed by atoms with Crippen LogP contribution in [0, 0.1) is 0 Å². The van der Waals surface area contributed by atoms with Gasteiger partial charge in [0.25, 0.3) is 5.56 Å². The van der Waals surface area contributed by atoms with Gasteiger partial charge in [0.15, 0.2) is 9.99 Å². The molecule has 0 aliphatic heterocycles. The van der Waals surface area contributed by atoms with Gasteiger partial charge in [-0.1, -0.05) is 23.2 Å². The van der Waals surface area contributed by atoms with E-state index in [2.05, 4.69) is 9.97 Å². The summed E-state index contributed by atoms with van der Waals surface area (Å²) in [6.07, 6.45) is 1.38. The van der Waals surface area contributed by atoms with Crippen LogP contribution in [-0.4, -0.2) is 18.5 Å². The van der Waals surface area contributed by atoms with Gasteiger partial charge in [-0.05, 0) is 21.6 Å². The summed E-state index contributed by atoms with van der Waals surface area (Å²) in [5.74, 6) is 0. The highest BCUT2D eigenvalue weighted by atomic mass is 35.5. The van der Waals surface area contributed by atoms with Crippen molar-refractivity contribution in [3.63, 3.8) is 0 Å². The van der Waals surface area contributed by atoms with Gasteiger partial charge in [0.1, 0.15) is 0 Å². The van der Waals surface area contributed by atoms with Crippen molar-refractivity contribution in [3.05, 3.63) is 22.6 Å². The molecule has 0 atom stereocenters. The Morgan fingerprint density at radius 3 is 2.67 bits per heavy atom. The summed E-state index contributed by atoms with van der Waals surface area (Å²) < 4.78 is -1.36. The molecule has 0 radical (unpaired) electrons. The molecule has 0 aromatic carbocycles. The fraction of sp³-hybridized carbons (Fsp3) is 0.333. The van der Waals surface area contributed by atoms with Crippen LogP contribution in [0.1, 0.15) is 0 Å². The summed E-state index contributed by atoms with van der Waals surface area (Å²) in [5.41, 5.74) is -0.254. The van der Waals surface area contributed by atoms with Crippen LogP contribution in [0.4, 0.5) is 0 Å². The molecule has 9 heteroatoms. The number of hydrogen-bond acceptors (Lipinski definition) is 4. The summed E-state index contributed by atoms with van der Waals surface area (Å²) in [7, 11) is 2.09. The zero-order chi connectivity index (χ0) is 11.5. The van der Waals surface area contributed by atoms with E-state index in [9.17, 15) is 4.79 Å². The molecule has 0 bridgehead atoms. The number of hydrogen-bond donors (Lipinski definition) is 1. The van der Waals surface area contributed by atoms with Crippen LogP contribution < -0.4 is 5.56 Å². The summed E-state index contributed by atoms with van der Waals surface area (Å²) in [6.45, 7) is 0. The van der Waals surface area contributed by atoms with Gasteiger partial charge in [0.2, 0.25) is 3.67 Å². The smallest absolute Gasteiger partial charge is 0.251 e. The Balaban J connectivity index is 2.61. The Labute approximate surface area is 114 Å². The lowest BCUT2D eigenvalue weighted by molar-refractivity contribution is 0.942. The highest BCUT2D eigenvalue weighted by Gasteiger charge is 2.33. The van der Waals surface area contributed by atoms with E-state index >= 15 is 0 Å². The van der Waals surface area contributed by atoms with Gasteiger partial charge >= 0.3 is 0 Å². The first-order valence-corrected chi connectivity index (χ1v) is 7.26. The number of halogens is 4. The number of nitrogens with one attached hydrogen (secondary N) is 1. The number of H-pyrrole nitrogens is 1. The lowest BCUT2D eigenvalue weighted by Gasteiger charge is -2.17. The van der Waals surface area contributed by atoms with Gasteiger partial charge < -0.3 is 4.98 Å². The van der Waals surface area contributed by atoms with Crippen molar-refractivity contribution < 1.29 is 0 Å². The van der Waals surface area contributed by atoms with Gasteiger partial charge in [0.05, 0.1) is 0 Å². The molecular weight excluding hydrogens is 322 g/mol. The van der Waals surface area contributed by atoms with Crippen LogP contribution in [0.2, 0.25) is 0 Å². The third-order valence-corrected chi connectivity index (χ3v) is 6.36. The summed E-state index contributed by atoms with van der Waals surface area (Å²) >= 11 is 22.7. The van der Waals surface area contributed by atoms with Crippen molar-refractivity contribution in [2.45, 2.75) is 13.7 Å². The van der Waals surface area contributed by atoms with Gasteiger partial charge in [-0.3, -0.25) is 4.79 Å². The van der Waals surface area contributed by atoms with E-state index in [1.807, 2.05) is 0 Å². The molecule has 1 aromatic heterocycles. The number of nitrogens with zero attached hydrogens (tertiary/aromatic N) is 1. The topological polar surface area (TPSA) is 45.8 Å². The number of aromatic amines is 1. The van der Waals surface area contributed by atoms with Gasteiger partial charge in [-0.15, -0.1) is 23.2 Å².